The Morgan fingerprint density at radius 3 is 2.37 bits per heavy atom. The second-order valence-corrected chi connectivity index (χ2v) is 8.40. The molecule has 19 heavy (non-hydrogen) atoms. The molecule has 0 spiro atoms. The summed E-state index contributed by atoms with van der Waals surface area (Å²) < 4.78 is 47.9. The molecule has 0 aliphatic heterocycles. The van der Waals surface area contributed by atoms with E-state index in [0.29, 0.717) is 5.56 Å². The standard InChI is InChI=1S/C10H15ClN2O4S2/c1-18(14,15)5-4-13-19(16,17)10-3-2-8(7-12)6-9(10)11/h2-3,6,13H,4-5,7,12H2,1H3. The maximum absolute atomic E-state index is 11.9. The molecule has 0 atom stereocenters. The Morgan fingerprint density at radius 1 is 1.26 bits per heavy atom. The van der Waals surface area contributed by atoms with Gasteiger partial charge in [-0.2, -0.15) is 0 Å². The van der Waals surface area contributed by atoms with Gasteiger partial charge < -0.3 is 5.73 Å². The highest BCUT2D eigenvalue weighted by Crippen LogP contribution is 2.22. The zero-order chi connectivity index (χ0) is 14.7. The summed E-state index contributed by atoms with van der Waals surface area (Å²) in [6, 6.07) is 4.36. The van der Waals surface area contributed by atoms with E-state index in [0.717, 1.165) is 6.26 Å². The highest BCUT2D eigenvalue weighted by Gasteiger charge is 2.18. The van der Waals surface area contributed by atoms with E-state index in [-0.39, 0.29) is 28.8 Å². The first-order chi connectivity index (χ1) is 8.65. The quantitative estimate of drug-likeness (QED) is 0.772. The minimum Gasteiger partial charge on any atom is -0.326 e. The number of halogens is 1. The lowest BCUT2D eigenvalue weighted by Gasteiger charge is -2.09. The van der Waals surface area contributed by atoms with Crippen LogP contribution in [0.4, 0.5) is 0 Å². The third-order valence-corrected chi connectivity index (χ3v) is 5.18. The summed E-state index contributed by atoms with van der Waals surface area (Å²) in [4.78, 5) is -0.0973. The number of sulfone groups is 1. The zero-order valence-corrected chi connectivity index (χ0v) is 12.6. The van der Waals surface area contributed by atoms with Crippen molar-refractivity contribution in [1.82, 2.24) is 4.72 Å². The molecular weight excluding hydrogens is 312 g/mol. The zero-order valence-electron chi connectivity index (χ0n) is 10.3. The molecule has 1 aromatic carbocycles. The molecule has 1 aromatic rings. The summed E-state index contributed by atoms with van der Waals surface area (Å²) in [6.07, 6.45) is 1.03. The van der Waals surface area contributed by atoms with Gasteiger partial charge in [0.05, 0.1) is 10.8 Å². The van der Waals surface area contributed by atoms with E-state index >= 15 is 0 Å². The maximum atomic E-state index is 11.9. The third-order valence-electron chi connectivity index (χ3n) is 2.29. The summed E-state index contributed by atoms with van der Waals surface area (Å²) in [5.74, 6) is -0.273. The Kier molecular flexibility index (Phi) is 5.34. The second kappa shape index (κ2) is 6.19. The van der Waals surface area contributed by atoms with Crippen molar-refractivity contribution in [1.29, 1.82) is 0 Å². The van der Waals surface area contributed by atoms with Crippen molar-refractivity contribution in [2.24, 2.45) is 5.73 Å². The van der Waals surface area contributed by atoms with Crippen molar-refractivity contribution in [3.8, 4) is 0 Å². The Hall–Kier alpha value is -0.670. The number of benzene rings is 1. The number of hydrogen-bond acceptors (Lipinski definition) is 5. The molecule has 9 heteroatoms. The van der Waals surface area contributed by atoms with Gasteiger partial charge in [-0.15, -0.1) is 0 Å². The molecule has 0 heterocycles. The van der Waals surface area contributed by atoms with E-state index in [4.69, 9.17) is 17.3 Å². The minimum absolute atomic E-state index is 0.0507. The molecule has 108 valence electrons. The number of hydrogen-bond donors (Lipinski definition) is 2. The van der Waals surface area contributed by atoms with Crippen LogP contribution in [0.25, 0.3) is 0 Å². The molecule has 1 rings (SSSR count). The van der Waals surface area contributed by atoms with Crippen LogP contribution in [0.5, 0.6) is 0 Å². The van der Waals surface area contributed by atoms with Crippen LogP contribution in [0.15, 0.2) is 23.1 Å². The van der Waals surface area contributed by atoms with Crippen molar-refractivity contribution in [3.05, 3.63) is 28.8 Å². The molecule has 0 bridgehead atoms. The van der Waals surface area contributed by atoms with Crippen LogP contribution in [0, 0.1) is 0 Å². The van der Waals surface area contributed by atoms with Gasteiger partial charge >= 0.3 is 0 Å². The van der Waals surface area contributed by atoms with Crippen LogP contribution in [-0.2, 0) is 26.4 Å². The Bertz CT molecular complexity index is 656. The monoisotopic (exact) mass is 326 g/mol. The molecule has 0 unspecified atom stereocenters. The van der Waals surface area contributed by atoms with Crippen LogP contribution >= 0.6 is 11.6 Å². The van der Waals surface area contributed by atoms with Crippen molar-refractivity contribution in [2.75, 3.05) is 18.6 Å². The van der Waals surface area contributed by atoms with Gasteiger partial charge in [0.2, 0.25) is 10.0 Å². The highest BCUT2D eigenvalue weighted by molar-refractivity contribution is 7.91. The van der Waals surface area contributed by atoms with E-state index in [1.54, 1.807) is 6.07 Å². The predicted octanol–water partition coefficient (Wildman–Crippen LogP) is 0.122. The molecular formula is C10H15ClN2O4S2. The normalized spacial score (nSPS) is 12.6. The number of nitrogens with two attached hydrogens (primary N) is 1. The van der Waals surface area contributed by atoms with Crippen molar-refractivity contribution < 1.29 is 16.8 Å². The van der Waals surface area contributed by atoms with E-state index in [2.05, 4.69) is 4.72 Å². The van der Waals surface area contributed by atoms with Crippen molar-refractivity contribution >= 4 is 31.5 Å². The first kappa shape index (κ1) is 16.4. The fourth-order valence-electron chi connectivity index (χ4n) is 1.33. The first-order valence-electron chi connectivity index (χ1n) is 5.31. The molecule has 0 aliphatic rings. The Balaban J connectivity index is 2.89. The Labute approximate surface area is 117 Å². The van der Waals surface area contributed by atoms with E-state index in [9.17, 15) is 16.8 Å². The van der Waals surface area contributed by atoms with Gasteiger partial charge in [0, 0.05) is 19.3 Å². The van der Waals surface area contributed by atoms with Crippen molar-refractivity contribution in [2.45, 2.75) is 11.4 Å². The number of nitrogens with one attached hydrogen (secondary N) is 1. The molecule has 0 saturated carbocycles. The topological polar surface area (TPSA) is 106 Å². The van der Waals surface area contributed by atoms with Gasteiger partial charge in [-0.25, -0.2) is 21.6 Å². The van der Waals surface area contributed by atoms with Gasteiger partial charge in [0.15, 0.2) is 0 Å². The first-order valence-corrected chi connectivity index (χ1v) is 9.24. The van der Waals surface area contributed by atoms with Gasteiger partial charge in [0.1, 0.15) is 14.7 Å². The molecule has 0 amide bonds. The van der Waals surface area contributed by atoms with Crippen LogP contribution in [0.3, 0.4) is 0 Å². The van der Waals surface area contributed by atoms with E-state index < -0.39 is 19.9 Å². The Morgan fingerprint density at radius 2 is 1.89 bits per heavy atom. The fourth-order valence-corrected chi connectivity index (χ4v) is 3.53. The van der Waals surface area contributed by atoms with Crippen LogP contribution in [0.2, 0.25) is 5.02 Å². The van der Waals surface area contributed by atoms with Gasteiger partial charge in [0.25, 0.3) is 0 Å². The second-order valence-electron chi connectivity index (χ2n) is 4.00. The maximum Gasteiger partial charge on any atom is 0.242 e. The van der Waals surface area contributed by atoms with Crippen LogP contribution < -0.4 is 10.5 Å². The summed E-state index contributed by atoms with van der Waals surface area (Å²) in [5.41, 5.74) is 6.12. The average molecular weight is 327 g/mol. The van der Waals surface area contributed by atoms with Gasteiger partial charge in [-0.1, -0.05) is 17.7 Å². The van der Waals surface area contributed by atoms with Crippen molar-refractivity contribution in [3.63, 3.8) is 0 Å². The lowest BCUT2D eigenvalue weighted by molar-refractivity contribution is 0.582. The number of sulfonamides is 1. The number of rotatable bonds is 6. The van der Waals surface area contributed by atoms with Gasteiger partial charge in [-0.3, -0.25) is 0 Å². The molecule has 0 saturated heterocycles. The minimum atomic E-state index is -3.83. The largest absolute Gasteiger partial charge is 0.326 e. The summed E-state index contributed by atoms with van der Waals surface area (Å²) >= 11 is 5.87. The van der Waals surface area contributed by atoms with Gasteiger partial charge in [-0.05, 0) is 17.7 Å². The lowest BCUT2D eigenvalue weighted by Crippen LogP contribution is -2.29. The SMILES string of the molecule is CS(=O)(=O)CCNS(=O)(=O)c1ccc(CN)cc1Cl. The lowest BCUT2D eigenvalue weighted by atomic mass is 10.2. The molecule has 0 fully saturated rings. The summed E-state index contributed by atoms with van der Waals surface area (Å²) in [5, 5.41) is 0.0507. The highest BCUT2D eigenvalue weighted by atomic mass is 35.5. The molecule has 3 N–H and O–H groups in total. The molecule has 0 radical (unpaired) electrons. The van der Waals surface area contributed by atoms with Crippen LogP contribution in [-0.4, -0.2) is 35.4 Å². The van der Waals surface area contributed by atoms with Crippen LogP contribution in [0.1, 0.15) is 5.56 Å². The smallest absolute Gasteiger partial charge is 0.242 e. The average Bonchev–Trinajstić information content (AvgIpc) is 2.26. The molecule has 0 aliphatic carbocycles. The molecule has 0 aromatic heterocycles. The summed E-state index contributed by atoms with van der Waals surface area (Å²) in [7, 11) is -7.05. The third kappa shape index (κ3) is 5.07. The summed E-state index contributed by atoms with van der Waals surface area (Å²) in [6.45, 7) is 0.0533. The van der Waals surface area contributed by atoms with E-state index in [1.807, 2.05) is 0 Å². The fraction of sp³-hybridized carbons (Fsp3) is 0.400. The van der Waals surface area contributed by atoms with E-state index in [1.165, 1.54) is 12.1 Å². The predicted molar refractivity (Wildman–Crippen MR) is 74.2 cm³/mol. The molecule has 6 nitrogen and oxygen atoms in total.